The van der Waals surface area contributed by atoms with Gasteiger partial charge in [0.05, 0.1) is 6.04 Å². The zero-order chi connectivity index (χ0) is 19.4. The minimum atomic E-state index is -0.436. The van der Waals surface area contributed by atoms with Crippen molar-refractivity contribution in [1.29, 1.82) is 0 Å². The van der Waals surface area contributed by atoms with E-state index in [1.165, 1.54) is 13.0 Å². The van der Waals surface area contributed by atoms with E-state index < -0.39 is 5.82 Å². The van der Waals surface area contributed by atoms with E-state index in [1.807, 2.05) is 0 Å². The summed E-state index contributed by atoms with van der Waals surface area (Å²) >= 11 is 0. The summed E-state index contributed by atoms with van der Waals surface area (Å²) in [6.07, 6.45) is 0.763. The fourth-order valence-electron chi connectivity index (χ4n) is 2.96. The molecule has 1 atom stereocenters. The molecule has 7 heteroatoms. The van der Waals surface area contributed by atoms with Gasteiger partial charge in [0.1, 0.15) is 5.75 Å². The Morgan fingerprint density at radius 3 is 2.56 bits per heavy atom. The highest BCUT2D eigenvalue weighted by Gasteiger charge is 2.29. The quantitative estimate of drug-likeness (QED) is 0.891. The number of ether oxygens (including phenoxy) is 1. The molecule has 6 nitrogen and oxygen atoms in total. The molecule has 142 valence electrons. The second-order valence-corrected chi connectivity index (χ2v) is 6.51. The normalized spacial score (nSPS) is 16.1. The minimum absolute atomic E-state index is 0.00676. The predicted octanol–water partition coefficient (Wildman–Crippen LogP) is 3.70. The first-order valence-electron chi connectivity index (χ1n) is 8.76. The van der Waals surface area contributed by atoms with Crippen LogP contribution in [-0.2, 0) is 4.79 Å². The number of nitrogens with zero attached hydrogens (tertiary/aromatic N) is 2. The van der Waals surface area contributed by atoms with Crippen LogP contribution in [0, 0.1) is 5.82 Å². The highest BCUT2D eigenvalue weighted by molar-refractivity contribution is 5.89. The fourth-order valence-corrected chi connectivity index (χ4v) is 2.96. The summed E-state index contributed by atoms with van der Waals surface area (Å²) in [4.78, 5) is 27.2. The van der Waals surface area contributed by atoms with Crippen molar-refractivity contribution in [2.75, 3.05) is 25.5 Å². The highest BCUT2D eigenvalue weighted by atomic mass is 19.1. The van der Waals surface area contributed by atoms with Gasteiger partial charge in [0, 0.05) is 32.7 Å². The van der Waals surface area contributed by atoms with Gasteiger partial charge in [0.15, 0.2) is 11.6 Å². The summed E-state index contributed by atoms with van der Waals surface area (Å²) in [6.45, 7) is 2.63. The molecule has 0 aromatic heterocycles. The molecule has 3 rings (SSSR count). The molecule has 0 saturated carbocycles. The Balaban J connectivity index is 1.56. The van der Waals surface area contributed by atoms with Crippen LogP contribution in [0.25, 0.3) is 0 Å². The number of benzene rings is 2. The minimum Gasteiger partial charge on any atom is -0.454 e. The third kappa shape index (κ3) is 4.55. The first-order valence-corrected chi connectivity index (χ1v) is 8.76. The largest absolute Gasteiger partial charge is 0.454 e. The second-order valence-electron chi connectivity index (χ2n) is 6.51. The summed E-state index contributed by atoms with van der Waals surface area (Å²) < 4.78 is 19.1. The van der Waals surface area contributed by atoms with E-state index >= 15 is 0 Å². The average Bonchev–Trinajstić information content (AvgIpc) is 3.14. The number of carbonyl (C=O) groups excluding carboxylic acids is 2. The third-order valence-corrected chi connectivity index (χ3v) is 4.67. The maximum Gasteiger partial charge on any atom is 0.321 e. The number of likely N-dealkylation sites (N-methyl/N-ethyl adjacent to an activating group) is 1. The summed E-state index contributed by atoms with van der Waals surface area (Å²) in [5.74, 6) is 0.177. The number of hydrogen-bond donors (Lipinski definition) is 1. The van der Waals surface area contributed by atoms with Crippen LogP contribution < -0.4 is 10.1 Å². The van der Waals surface area contributed by atoms with Crippen molar-refractivity contribution in [3.05, 3.63) is 54.3 Å². The van der Waals surface area contributed by atoms with E-state index in [2.05, 4.69) is 5.32 Å². The lowest BCUT2D eigenvalue weighted by Gasteiger charge is -2.23. The van der Waals surface area contributed by atoms with Crippen LogP contribution in [-0.4, -0.2) is 47.9 Å². The molecule has 1 saturated heterocycles. The molecule has 0 aliphatic carbocycles. The molecule has 27 heavy (non-hydrogen) atoms. The van der Waals surface area contributed by atoms with Crippen molar-refractivity contribution >= 4 is 17.6 Å². The van der Waals surface area contributed by atoms with Gasteiger partial charge in [-0.15, -0.1) is 0 Å². The molecule has 1 heterocycles. The van der Waals surface area contributed by atoms with Gasteiger partial charge in [-0.05, 0) is 42.8 Å². The Hall–Kier alpha value is -3.09. The zero-order valence-corrected chi connectivity index (χ0v) is 15.3. The van der Waals surface area contributed by atoms with Crippen molar-refractivity contribution in [2.24, 2.45) is 0 Å². The van der Waals surface area contributed by atoms with E-state index in [9.17, 15) is 14.0 Å². The van der Waals surface area contributed by atoms with Crippen LogP contribution in [0.3, 0.4) is 0 Å². The molecule has 2 aromatic carbocycles. The SMILES string of the molecule is CC(=O)N(C)C1CCN(C(=O)Nc2ccc(Oc3ccccc3F)cc2)C1. The Morgan fingerprint density at radius 2 is 1.89 bits per heavy atom. The summed E-state index contributed by atoms with van der Waals surface area (Å²) in [5, 5.41) is 2.83. The number of amides is 3. The van der Waals surface area contributed by atoms with E-state index in [-0.39, 0.29) is 23.7 Å². The third-order valence-electron chi connectivity index (χ3n) is 4.67. The number of nitrogens with one attached hydrogen (secondary N) is 1. The molecule has 1 aliphatic heterocycles. The van der Waals surface area contributed by atoms with Gasteiger partial charge in [0.2, 0.25) is 5.91 Å². The second kappa shape index (κ2) is 8.07. The Labute approximate surface area is 157 Å². The smallest absolute Gasteiger partial charge is 0.321 e. The molecule has 2 aromatic rings. The number of halogens is 1. The van der Waals surface area contributed by atoms with Gasteiger partial charge < -0.3 is 19.9 Å². The van der Waals surface area contributed by atoms with Crippen LogP contribution in [0.15, 0.2) is 48.5 Å². The van der Waals surface area contributed by atoms with E-state index in [0.717, 1.165) is 6.42 Å². The zero-order valence-electron chi connectivity index (χ0n) is 15.3. The maximum atomic E-state index is 13.6. The standard InChI is InChI=1S/C20H22FN3O3/c1-14(25)23(2)16-11-12-24(13-16)20(26)22-15-7-9-17(10-8-15)27-19-6-4-3-5-18(19)21/h3-10,16H,11-13H2,1-2H3,(H,22,26). The van der Waals surface area contributed by atoms with Crippen molar-refractivity contribution < 1.29 is 18.7 Å². The lowest BCUT2D eigenvalue weighted by atomic mass is 10.2. The summed E-state index contributed by atoms with van der Waals surface area (Å²) in [5.41, 5.74) is 0.615. The van der Waals surface area contributed by atoms with Crippen LogP contribution in [0.4, 0.5) is 14.9 Å². The van der Waals surface area contributed by atoms with Crippen molar-refractivity contribution in [3.8, 4) is 11.5 Å². The van der Waals surface area contributed by atoms with Crippen molar-refractivity contribution in [3.63, 3.8) is 0 Å². The molecule has 0 bridgehead atoms. The van der Waals surface area contributed by atoms with Gasteiger partial charge >= 0.3 is 6.03 Å². The van der Waals surface area contributed by atoms with Gasteiger partial charge in [-0.1, -0.05) is 12.1 Å². The summed E-state index contributed by atoms with van der Waals surface area (Å²) in [6, 6.07) is 12.7. The van der Waals surface area contributed by atoms with Gasteiger partial charge in [-0.25, -0.2) is 9.18 Å². The molecule has 1 fully saturated rings. The molecular weight excluding hydrogens is 349 g/mol. The first kappa shape index (κ1) is 18.7. The maximum absolute atomic E-state index is 13.6. The van der Waals surface area contributed by atoms with Gasteiger partial charge in [0.25, 0.3) is 0 Å². The van der Waals surface area contributed by atoms with E-state index in [0.29, 0.717) is 24.5 Å². The predicted molar refractivity (Wildman–Crippen MR) is 100 cm³/mol. The molecule has 0 radical (unpaired) electrons. The van der Waals surface area contributed by atoms with Crippen LogP contribution in [0.5, 0.6) is 11.5 Å². The average molecular weight is 371 g/mol. The number of carbonyl (C=O) groups is 2. The van der Waals surface area contributed by atoms with Crippen LogP contribution in [0.2, 0.25) is 0 Å². The number of para-hydroxylation sites is 1. The Kier molecular flexibility index (Phi) is 5.59. The lowest BCUT2D eigenvalue weighted by molar-refractivity contribution is -0.129. The lowest BCUT2D eigenvalue weighted by Crippen LogP contribution is -2.40. The van der Waals surface area contributed by atoms with Gasteiger partial charge in [-0.2, -0.15) is 0 Å². The molecular formula is C20H22FN3O3. The fraction of sp³-hybridized carbons (Fsp3) is 0.300. The van der Waals surface area contributed by atoms with Crippen LogP contribution in [0.1, 0.15) is 13.3 Å². The Morgan fingerprint density at radius 1 is 1.19 bits per heavy atom. The van der Waals surface area contributed by atoms with E-state index in [4.69, 9.17) is 4.74 Å². The summed E-state index contributed by atoms with van der Waals surface area (Å²) in [7, 11) is 1.75. The number of rotatable bonds is 4. The molecule has 1 aliphatic rings. The number of anilines is 1. The highest BCUT2D eigenvalue weighted by Crippen LogP contribution is 2.25. The monoisotopic (exact) mass is 371 g/mol. The van der Waals surface area contributed by atoms with Crippen molar-refractivity contribution in [1.82, 2.24) is 9.80 Å². The molecule has 3 amide bonds. The topological polar surface area (TPSA) is 61.9 Å². The molecule has 1 N–H and O–H groups in total. The number of urea groups is 1. The van der Waals surface area contributed by atoms with E-state index in [1.54, 1.807) is 59.3 Å². The van der Waals surface area contributed by atoms with Crippen LogP contribution >= 0.6 is 0 Å². The first-order chi connectivity index (χ1) is 12.9. The van der Waals surface area contributed by atoms with Crippen molar-refractivity contribution in [2.45, 2.75) is 19.4 Å². The Bertz CT molecular complexity index is 825. The number of hydrogen-bond acceptors (Lipinski definition) is 3. The number of likely N-dealkylation sites (tertiary alicyclic amines) is 1. The molecule has 0 spiro atoms. The van der Waals surface area contributed by atoms with Gasteiger partial charge in [-0.3, -0.25) is 4.79 Å². The molecule has 1 unspecified atom stereocenters.